The molecule has 138 valence electrons. The molecule has 1 aromatic carbocycles. The van der Waals surface area contributed by atoms with Gasteiger partial charge in [-0.2, -0.15) is 13.2 Å². The Kier molecular flexibility index (Phi) is 6.20. The standard InChI is InChI=1S/C15H27F3O3Si3/c1-19-14-10-9-12(11-13(14)15(16,17)18)24(8,20-22(2,3)4)21-23(5,6)7/h9-11H,1-8H3. The molecule has 0 radical (unpaired) electrons. The molecule has 0 unspecified atom stereocenters. The van der Waals surface area contributed by atoms with Gasteiger partial charge in [0.05, 0.1) is 12.7 Å². The molecule has 0 fully saturated rings. The predicted molar refractivity (Wildman–Crippen MR) is 98.1 cm³/mol. The lowest BCUT2D eigenvalue weighted by atomic mass is 10.2. The minimum absolute atomic E-state index is 0.191. The van der Waals surface area contributed by atoms with Crippen molar-refractivity contribution in [1.82, 2.24) is 0 Å². The molecular weight excluding hydrogens is 369 g/mol. The van der Waals surface area contributed by atoms with E-state index in [4.69, 9.17) is 13.0 Å². The third-order valence-corrected chi connectivity index (χ3v) is 12.4. The van der Waals surface area contributed by atoms with Gasteiger partial charge in [-0.05, 0) is 63.1 Å². The van der Waals surface area contributed by atoms with E-state index in [9.17, 15) is 13.2 Å². The molecule has 3 nitrogen and oxygen atoms in total. The van der Waals surface area contributed by atoms with Crippen molar-refractivity contribution in [2.24, 2.45) is 0 Å². The molecule has 0 spiro atoms. The van der Waals surface area contributed by atoms with Crippen LogP contribution in [-0.2, 0) is 14.4 Å². The Hall–Kier alpha value is -0.619. The monoisotopic (exact) mass is 396 g/mol. The van der Waals surface area contributed by atoms with E-state index < -0.39 is 36.9 Å². The molecule has 9 heteroatoms. The first-order valence-electron chi connectivity index (χ1n) is 7.73. The molecule has 0 saturated heterocycles. The van der Waals surface area contributed by atoms with Crippen molar-refractivity contribution in [3.8, 4) is 5.75 Å². The average molecular weight is 397 g/mol. The maximum Gasteiger partial charge on any atom is 0.419 e. The molecule has 1 rings (SSSR count). The van der Waals surface area contributed by atoms with E-state index in [1.165, 1.54) is 13.2 Å². The summed E-state index contributed by atoms with van der Waals surface area (Å²) in [5, 5.41) is 0.487. The molecule has 0 N–H and O–H groups in total. The van der Waals surface area contributed by atoms with Gasteiger partial charge >= 0.3 is 14.7 Å². The van der Waals surface area contributed by atoms with Crippen molar-refractivity contribution in [2.75, 3.05) is 7.11 Å². The van der Waals surface area contributed by atoms with Crippen LogP contribution in [0.25, 0.3) is 0 Å². The highest BCUT2D eigenvalue weighted by Gasteiger charge is 2.44. The van der Waals surface area contributed by atoms with Crippen LogP contribution in [-0.4, -0.2) is 32.3 Å². The van der Waals surface area contributed by atoms with E-state index in [0.29, 0.717) is 5.19 Å². The highest BCUT2D eigenvalue weighted by molar-refractivity contribution is 6.94. The number of methoxy groups -OCH3 is 1. The summed E-state index contributed by atoms with van der Waals surface area (Å²) in [5.41, 5.74) is -0.792. The van der Waals surface area contributed by atoms with E-state index in [-0.39, 0.29) is 5.75 Å². The van der Waals surface area contributed by atoms with Crippen LogP contribution in [0.5, 0.6) is 5.75 Å². The number of rotatable bonds is 6. The van der Waals surface area contributed by atoms with Crippen molar-refractivity contribution >= 4 is 30.4 Å². The molecule has 0 aliphatic heterocycles. The second kappa shape index (κ2) is 6.95. The Morgan fingerprint density at radius 2 is 1.29 bits per heavy atom. The number of hydrogen-bond donors (Lipinski definition) is 0. The second-order valence-corrected chi connectivity index (χ2v) is 20.3. The summed E-state index contributed by atoms with van der Waals surface area (Å²) in [4.78, 5) is 0. The van der Waals surface area contributed by atoms with Crippen molar-refractivity contribution in [3.05, 3.63) is 23.8 Å². The maximum absolute atomic E-state index is 13.4. The zero-order valence-corrected chi connectivity index (χ0v) is 18.6. The number of alkyl halides is 3. The topological polar surface area (TPSA) is 27.7 Å². The quantitative estimate of drug-likeness (QED) is 0.653. The van der Waals surface area contributed by atoms with Crippen LogP contribution in [0, 0.1) is 0 Å². The zero-order valence-electron chi connectivity index (χ0n) is 15.6. The highest BCUT2D eigenvalue weighted by Crippen LogP contribution is 2.36. The summed E-state index contributed by atoms with van der Waals surface area (Å²) in [7, 11) is -5.77. The Bertz CT molecular complexity index is 562. The number of ether oxygens (including phenoxy) is 1. The molecule has 0 aliphatic rings. The van der Waals surface area contributed by atoms with Gasteiger partial charge in [-0.3, -0.25) is 0 Å². The van der Waals surface area contributed by atoms with Crippen LogP contribution in [0.1, 0.15) is 5.56 Å². The number of halogens is 3. The first-order valence-corrected chi connectivity index (χ1v) is 16.9. The van der Waals surface area contributed by atoms with Crippen LogP contribution >= 0.6 is 0 Å². The normalized spacial score (nSPS) is 14.0. The summed E-state index contributed by atoms with van der Waals surface area (Å²) < 4.78 is 57.5. The third kappa shape index (κ3) is 6.03. The summed E-state index contributed by atoms with van der Waals surface area (Å²) >= 11 is 0. The van der Waals surface area contributed by atoms with Gasteiger partial charge < -0.3 is 13.0 Å². The van der Waals surface area contributed by atoms with Crippen LogP contribution in [0.3, 0.4) is 0 Å². The number of benzene rings is 1. The summed E-state index contributed by atoms with van der Waals surface area (Å²) in [6.45, 7) is 13.9. The lowest BCUT2D eigenvalue weighted by Crippen LogP contribution is -2.60. The maximum atomic E-state index is 13.4. The second-order valence-electron chi connectivity index (χ2n) is 7.79. The van der Waals surface area contributed by atoms with Crippen molar-refractivity contribution < 1.29 is 26.1 Å². The fraction of sp³-hybridized carbons (Fsp3) is 0.600. The smallest absolute Gasteiger partial charge is 0.419 e. The minimum atomic E-state index is -4.49. The van der Waals surface area contributed by atoms with Gasteiger partial charge in [0.15, 0.2) is 16.6 Å². The van der Waals surface area contributed by atoms with Crippen LogP contribution < -0.4 is 9.92 Å². The molecule has 0 aliphatic carbocycles. The Morgan fingerprint density at radius 3 is 1.62 bits per heavy atom. The highest BCUT2D eigenvalue weighted by atomic mass is 28.5. The molecule has 0 heterocycles. The van der Waals surface area contributed by atoms with E-state index in [1.54, 1.807) is 6.07 Å². The first kappa shape index (κ1) is 21.4. The fourth-order valence-corrected chi connectivity index (χ4v) is 14.1. The van der Waals surface area contributed by atoms with Gasteiger partial charge in [0.2, 0.25) is 0 Å². The van der Waals surface area contributed by atoms with E-state index in [2.05, 4.69) is 0 Å². The van der Waals surface area contributed by atoms with Crippen LogP contribution in [0.4, 0.5) is 13.2 Å². The molecular formula is C15H27F3O3Si3. The Labute approximate surface area is 145 Å². The molecule has 24 heavy (non-hydrogen) atoms. The minimum Gasteiger partial charge on any atom is -0.496 e. The Morgan fingerprint density at radius 1 is 0.833 bits per heavy atom. The molecule has 0 atom stereocenters. The van der Waals surface area contributed by atoms with E-state index >= 15 is 0 Å². The van der Waals surface area contributed by atoms with E-state index in [0.717, 1.165) is 6.07 Å². The first-order chi connectivity index (χ1) is 10.6. The van der Waals surface area contributed by atoms with Gasteiger partial charge in [-0.15, -0.1) is 0 Å². The fourth-order valence-electron chi connectivity index (χ4n) is 2.52. The average Bonchev–Trinajstić information content (AvgIpc) is 2.32. The van der Waals surface area contributed by atoms with Gasteiger partial charge in [0.1, 0.15) is 5.75 Å². The zero-order chi connectivity index (χ0) is 19.0. The summed E-state index contributed by atoms with van der Waals surface area (Å²) in [6, 6.07) is 4.12. The van der Waals surface area contributed by atoms with Crippen molar-refractivity contribution in [1.29, 1.82) is 0 Å². The molecule has 0 bridgehead atoms. The lowest BCUT2D eigenvalue weighted by molar-refractivity contribution is -0.138. The number of hydrogen-bond acceptors (Lipinski definition) is 3. The SMILES string of the molecule is COc1ccc([Si](C)(O[Si](C)(C)C)O[Si](C)(C)C)cc1C(F)(F)F. The molecule has 0 aromatic heterocycles. The summed E-state index contributed by atoms with van der Waals surface area (Å²) in [6.07, 6.45) is -4.49. The van der Waals surface area contributed by atoms with Crippen LogP contribution in [0.2, 0.25) is 45.8 Å². The molecule has 0 saturated carbocycles. The van der Waals surface area contributed by atoms with E-state index in [1.807, 2.05) is 45.8 Å². The van der Waals surface area contributed by atoms with Gasteiger partial charge in [0.25, 0.3) is 0 Å². The largest absolute Gasteiger partial charge is 0.496 e. The molecule has 1 aromatic rings. The van der Waals surface area contributed by atoms with Gasteiger partial charge in [-0.1, -0.05) is 6.07 Å². The lowest BCUT2D eigenvalue weighted by Gasteiger charge is -2.38. The van der Waals surface area contributed by atoms with Crippen LogP contribution in [0.15, 0.2) is 18.2 Å². The summed E-state index contributed by atoms with van der Waals surface area (Å²) in [5.74, 6) is -0.191. The predicted octanol–water partition coefficient (Wildman–Crippen LogP) is 4.70. The van der Waals surface area contributed by atoms with Crippen molar-refractivity contribution in [3.63, 3.8) is 0 Å². The Balaban J connectivity index is 3.48. The van der Waals surface area contributed by atoms with Gasteiger partial charge in [-0.25, -0.2) is 0 Å². The third-order valence-electron chi connectivity index (χ3n) is 3.03. The molecule has 0 amide bonds. The van der Waals surface area contributed by atoms with Crippen molar-refractivity contribution in [2.45, 2.75) is 52.0 Å². The van der Waals surface area contributed by atoms with Gasteiger partial charge in [0, 0.05) is 0 Å².